The van der Waals surface area contributed by atoms with E-state index in [0.717, 1.165) is 12.2 Å². The van der Waals surface area contributed by atoms with Crippen molar-refractivity contribution in [1.29, 1.82) is 0 Å². The number of benzene rings is 1. The molecule has 0 fully saturated rings. The average Bonchev–Trinajstić information content (AvgIpc) is 2.60. The van der Waals surface area contributed by atoms with Crippen molar-refractivity contribution in [2.45, 2.75) is 60.5 Å². The molecule has 1 aromatic rings. The van der Waals surface area contributed by atoms with E-state index in [1.54, 1.807) is 20.8 Å². The normalized spacial score (nSPS) is 12.3. The first-order chi connectivity index (χ1) is 13.0. The molecule has 0 heterocycles. The van der Waals surface area contributed by atoms with Gasteiger partial charge in [0.25, 0.3) is 5.91 Å². The van der Waals surface area contributed by atoms with Gasteiger partial charge in [0.05, 0.1) is 0 Å². The maximum absolute atomic E-state index is 12.0. The number of nitrogens with zero attached hydrogens (tertiary/aromatic N) is 1. The van der Waals surface area contributed by atoms with Crippen LogP contribution in [0.25, 0.3) is 0 Å². The number of esters is 1. The predicted octanol–water partition coefficient (Wildman–Crippen LogP) is 2.95. The summed E-state index contributed by atoms with van der Waals surface area (Å²) in [5, 5.41) is 5.27. The van der Waals surface area contributed by atoms with Gasteiger partial charge >= 0.3 is 5.97 Å². The van der Waals surface area contributed by atoms with Gasteiger partial charge in [-0.15, -0.1) is 0 Å². The number of hydrogen-bond donors (Lipinski definition) is 2. The maximum atomic E-state index is 12.0. The third-order valence-corrected chi connectivity index (χ3v) is 4.17. The van der Waals surface area contributed by atoms with Crippen molar-refractivity contribution in [1.82, 2.24) is 5.32 Å². The monoisotopic (exact) mass is 391 g/mol. The summed E-state index contributed by atoms with van der Waals surface area (Å²) in [5.41, 5.74) is 1.09. The van der Waals surface area contributed by atoms with E-state index < -0.39 is 29.9 Å². The molecule has 0 saturated heterocycles. The van der Waals surface area contributed by atoms with Gasteiger partial charge in [0.15, 0.2) is 6.61 Å². The molecule has 1 aromatic carbocycles. The molecule has 1 rings (SSSR count). The highest BCUT2D eigenvalue weighted by Gasteiger charge is 2.26. The standard InChI is InChI=1S/C21H33N3O4/c1-8-24(14(2)3)17-11-9-16(10-12-17)23-18(25)13-28-19(26)15(4)22-20(27)21(5,6)7/h9-12,14-15H,8,13H2,1-7H3,(H,22,27)(H,23,25). The van der Waals surface area contributed by atoms with Gasteiger partial charge in [0.2, 0.25) is 5.91 Å². The van der Waals surface area contributed by atoms with E-state index >= 15 is 0 Å². The molecular formula is C21H33N3O4. The number of anilines is 2. The Kier molecular flexibility index (Phi) is 8.47. The van der Waals surface area contributed by atoms with Gasteiger partial charge in [-0.2, -0.15) is 0 Å². The molecule has 0 saturated carbocycles. The lowest BCUT2D eigenvalue weighted by Crippen LogP contribution is -2.45. The highest BCUT2D eigenvalue weighted by molar-refractivity contribution is 5.93. The molecule has 0 aliphatic carbocycles. The Hall–Kier alpha value is -2.57. The van der Waals surface area contributed by atoms with Crippen LogP contribution >= 0.6 is 0 Å². The topological polar surface area (TPSA) is 87.7 Å². The molecule has 0 aliphatic heterocycles. The molecule has 2 N–H and O–H groups in total. The fourth-order valence-electron chi connectivity index (χ4n) is 2.51. The summed E-state index contributed by atoms with van der Waals surface area (Å²) < 4.78 is 4.99. The number of carbonyl (C=O) groups excluding carboxylic acids is 3. The summed E-state index contributed by atoms with van der Waals surface area (Å²) in [4.78, 5) is 38.1. The molecule has 2 amide bonds. The van der Waals surface area contributed by atoms with Crippen molar-refractivity contribution in [3.8, 4) is 0 Å². The van der Waals surface area contributed by atoms with Crippen LogP contribution in [0.2, 0.25) is 0 Å². The van der Waals surface area contributed by atoms with Gasteiger partial charge in [0, 0.05) is 29.4 Å². The van der Waals surface area contributed by atoms with Crippen LogP contribution in [-0.4, -0.2) is 43.0 Å². The molecule has 7 heteroatoms. The van der Waals surface area contributed by atoms with Crippen molar-refractivity contribution in [2.75, 3.05) is 23.4 Å². The van der Waals surface area contributed by atoms with Gasteiger partial charge in [-0.3, -0.25) is 9.59 Å². The van der Waals surface area contributed by atoms with Crippen LogP contribution in [0.1, 0.15) is 48.5 Å². The van der Waals surface area contributed by atoms with Crippen molar-refractivity contribution in [2.24, 2.45) is 5.41 Å². The molecule has 0 aliphatic rings. The van der Waals surface area contributed by atoms with E-state index in [2.05, 4.69) is 36.3 Å². The Labute approximate surface area is 167 Å². The molecule has 156 valence electrons. The second-order valence-electron chi connectivity index (χ2n) is 8.03. The minimum Gasteiger partial charge on any atom is -0.454 e. The van der Waals surface area contributed by atoms with Gasteiger partial charge < -0.3 is 20.3 Å². The van der Waals surface area contributed by atoms with Crippen molar-refractivity contribution < 1.29 is 19.1 Å². The smallest absolute Gasteiger partial charge is 0.328 e. The zero-order chi connectivity index (χ0) is 21.5. The van der Waals surface area contributed by atoms with Crippen LogP contribution in [0.5, 0.6) is 0 Å². The zero-order valence-corrected chi connectivity index (χ0v) is 18.0. The molecule has 1 atom stereocenters. The molecule has 1 unspecified atom stereocenters. The number of rotatable bonds is 8. The molecule has 0 radical (unpaired) electrons. The SMILES string of the molecule is CCN(c1ccc(NC(=O)COC(=O)C(C)NC(=O)C(C)(C)C)cc1)C(C)C. The summed E-state index contributed by atoms with van der Waals surface area (Å²) in [6, 6.07) is 7.06. The van der Waals surface area contributed by atoms with Crippen LogP contribution in [0, 0.1) is 5.41 Å². The number of carbonyl (C=O) groups is 3. The van der Waals surface area contributed by atoms with Crippen LogP contribution in [0.4, 0.5) is 11.4 Å². The molecular weight excluding hydrogens is 358 g/mol. The zero-order valence-electron chi connectivity index (χ0n) is 18.0. The number of ether oxygens (including phenoxy) is 1. The van der Waals surface area contributed by atoms with E-state index in [1.807, 2.05) is 24.3 Å². The maximum Gasteiger partial charge on any atom is 0.328 e. The average molecular weight is 392 g/mol. The fourth-order valence-corrected chi connectivity index (χ4v) is 2.51. The van der Waals surface area contributed by atoms with Gasteiger partial charge in [0.1, 0.15) is 6.04 Å². The van der Waals surface area contributed by atoms with E-state index in [1.165, 1.54) is 6.92 Å². The molecule has 28 heavy (non-hydrogen) atoms. The Balaban J connectivity index is 2.52. The minimum absolute atomic E-state index is 0.260. The third-order valence-electron chi connectivity index (χ3n) is 4.17. The summed E-state index contributed by atoms with van der Waals surface area (Å²) in [6.45, 7) is 13.6. The van der Waals surface area contributed by atoms with Gasteiger partial charge in [-0.25, -0.2) is 4.79 Å². The van der Waals surface area contributed by atoms with Crippen molar-refractivity contribution in [3.63, 3.8) is 0 Å². The fraction of sp³-hybridized carbons (Fsp3) is 0.571. The second kappa shape index (κ2) is 10.1. The lowest BCUT2D eigenvalue weighted by molar-refractivity contribution is -0.150. The van der Waals surface area contributed by atoms with Crippen molar-refractivity contribution in [3.05, 3.63) is 24.3 Å². The quantitative estimate of drug-likeness (QED) is 0.665. The lowest BCUT2D eigenvalue weighted by Gasteiger charge is -2.27. The number of hydrogen-bond acceptors (Lipinski definition) is 5. The van der Waals surface area contributed by atoms with Crippen molar-refractivity contribution >= 4 is 29.2 Å². The van der Waals surface area contributed by atoms with Crippen LogP contribution in [0.3, 0.4) is 0 Å². The summed E-state index contributed by atoms with van der Waals surface area (Å²) in [7, 11) is 0. The van der Waals surface area contributed by atoms with E-state index in [4.69, 9.17) is 4.74 Å². The first kappa shape index (κ1) is 23.5. The Bertz CT molecular complexity index is 678. The van der Waals surface area contributed by atoms with E-state index in [-0.39, 0.29) is 5.91 Å². The molecule has 7 nitrogen and oxygen atoms in total. The number of amides is 2. The Morgan fingerprint density at radius 1 is 1.07 bits per heavy atom. The largest absolute Gasteiger partial charge is 0.454 e. The second-order valence-corrected chi connectivity index (χ2v) is 8.03. The summed E-state index contributed by atoms with van der Waals surface area (Å²) >= 11 is 0. The number of nitrogens with one attached hydrogen (secondary N) is 2. The summed E-state index contributed by atoms with van der Waals surface area (Å²) in [5.74, 6) is -1.35. The Morgan fingerprint density at radius 3 is 2.11 bits per heavy atom. The first-order valence-corrected chi connectivity index (χ1v) is 9.59. The van der Waals surface area contributed by atoms with Gasteiger partial charge in [-0.1, -0.05) is 20.8 Å². The first-order valence-electron chi connectivity index (χ1n) is 9.59. The Morgan fingerprint density at radius 2 is 1.64 bits per heavy atom. The minimum atomic E-state index is -0.824. The highest BCUT2D eigenvalue weighted by atomic mass is 16.5. The highest BCUT2D eigenvalue weighted by Crippen LogP contribution is 2.20. The third kappa shape index (κ3) is 7.21. The van der Waals surface area contributed by atoms with Crippen LogP contribution < -0.4 is 15.5 Å². The van der Waals surface area contributed by atoms with Crippen LogP contribution in [0.15, 0.2) is 24.3 Å². The molecule has 0 spiro atoms. The molecule has 0 bridgehead atoms. The molecule has 0 aromatic heterocycles. The lowest BCUT2D eigenvalue weighted by atomic mass is 9.95. The summed E-state index contributed by atoms with van der Waals surface area (Å²) in [6.07, 6.45) is 0. The predicted molar refractivity (Wildman–Crippen MR) is 111 cm³/mol. The van der Waals surface area contributed by atoms with Crippen LogP contribution in [-0.2, 0) is 19.1 Å². The van der Waals surface area contributed by atoms with E-state index in [9.17, 15) is 14.4 Å². The van der Waals surface area contributed by atoms with Gasteiger partial charge in [-0.05, 0) is 52.0 Å². The van der Waals surface area contributed by atoms with E-state index in [0.29, 0.717) is 11.7 Å².